The second-order valence-electron chi connectivity index (χ2n) is 3.40. The Morgan fingerprint density at radius 2 is 2.36 bits per heavy atom. The third-order valence-corrected chi connectivity index (χ3v) is 2.18. The molecule has 0 amide bonds. The van der Waals surface area contributed by atoms with E-state index in [0.29, 0.717) is 6.04 Å². The number of likely N-dealkylation sites (N-methyl/N-ethyl adjacent to an activating group) is 1. The summed E-state index contributed by atoms with van der Waals surface area (Å²) in [5, 5.41) is 0. The van der Waals surface area contributed by atoms with Crippen LogP contribution in [0.4, 0.5) is 0 Å². The monoisotopic (exact) mass is 151 g/mol. The van der Waals surface area contributed by atoms with Gasteiger partial charge >= 0.3 is 0 Å². The molecule has 1 heterocycles. The minimum absolute atomic E-state index is 0.659. The van der Waals surface area contributed by atoms with Gasteiger partial charge in [-0.25, -0.2) is 0 Å². The predicted molar refractivity (Wildman–Crippen MR) is 49.6 cm³/mol. The molecule has 0 N–H and O–H groups in total. The van der Waals surface area contributed by atoms with E-state index in [2.05, 4.69) is 30.7 Å². The van der Waals surface area contributed by atoms with Crippen molar-refractivity contribution < 1.29 is 0 Å². The Morgan fingerprint density at radius 3 is 2.82 bits per heavy atom. The molecule has 1 aliphatic heterocycles. The van der Waals surface area contributed by atoms with Crippen LogP contribution in [0.15, 0.2) is 24.3 Å². The summed E-state index contributed by atoms with van der Waals surface area (Å²) >= 11 is 0. The molecule has 0 radical (unpaired) electrons. The van der Waals surface area contributed by atoms with Crippen LogP contribution in [0.1, 0.15) is 19.8 Å². The summed E-state index contributed by atoms with van der Waals surface area (Å²) in [6.07, 6.45) is 7.02. The highest BCUT2D eigenvalue weighted by Crippen LogP contribution is 2.15. The van der Waals surface area contributed by atoms with E-state index in [-0.39, 0.29) is 0 Å². The van der Waals surface area contributed by atoms with Gasteiger partial charge in [-0.1, -0.05) is 24.3 Å². The van der Waals surface area contributed by atoms with Crippen LogP contribution in [-0.2, 0) is 0 Å². The second-order valence-corrected chi connectivity index (χ2v) is 3.40. The molecule has 1 nitrogen and oxygen atoms in total. The van der Waals surface area contributed by atoms with Gasteiger partial charge in [-0.15, -0.1) is 0 Å². The van der Waals surface area contributed by atoms with Crippen molar-refractivity contribution in [3.05, 3.63) is 24.3 Å². The molecule has 1 heteroatoms. The van der Waals surface area contributed by atoms with Gasteiger partial charge in [0.2, 0.25) is 0 Å². The summed E-state index contributed by atoms with van der Waals surface area (Å²) in [5.41, 5.74) is 1.14. The minimum atomic E-state index is 0.659. The van der Waals surface area contributed by atoms with Gasteiger partial charge in [0.25, 0.3) is 0 Å². The lowest BCUT2D eigenvalue weighted by molar-refractivity contribution is 0.357. The van der Waals surface area contributed by atoms with Gasteiger partial charge in [0.15, 0.2) is 0 Å². The molecule has 0 bridgehead atoms. The molecule has 1 unspecified atom stereocenters. The van der Waals surface area contributed by atoms with Gasteiger partial charge in [-0.2, -0.15) is 0 Å². The molecule has 62 valence electrons. The molecular formula is C10H17N. The van der Waals surface area contributed by atoms with Crippen molar-refractivity contribution in [1.82, 2.24) is 4.90 Å². The highest BCUT2D eigenvalue weighted by atomic mass is 15.1. The van der Waals surface area contributed by atoms with E-state index in [1.165, 1.54) is 19.4 Å². The third-order valence-electron chi connectivity index (χ3n) is 2.18. The SMILES string of the molecule is C=C(C)/C=C/C1CCCN1C. The Morgan fingerprint density at radius 1 is 1.64 bits per heavy atom. The van der Waals surface area contributed by atoms with E-state index in [9.17, 15) is 0 Å². The Kier molecular flexibility index (Phi) is 2.89. The van der Waals surface area contributed by atoms with Crippen LogP contribution < -0.4 is 0 Å². The summed E-state index contributed by atoms with van der Waals surface area (Å²) in [6, 6.07) is 0.659. The normalized spacial score (nSPS) is 26.5. The summed E-state index contributed by atoms with van der Waals surface area (Å²) in [6.45, 7) is 7.11. The van der Waals surface area contributed by atoms with Gasteiger partial charge in [-0.3, -0.25) is 4.90 Å². The summed E-state index contributed by atoms with van der Waals surface area (Å²) in [4.78, 5) is 2.39. The van der Waals surface area contributed by atoms with Crippen molar-refractivity contribution in [1.29, 1.82) is 0 Å². The highest BCUT2D eigenvalue weighted by molar-refractivity contribution is 5.14. The molecule has 0 aliphatic carbocycles. The van der Waals surface area contributed by atoms with Gasteiger partial charge in [0.1, 0.15) is 0 Å². The summed E-state index contributed by atoms with van der Waals surface area (Å²) < 4.78 is 0. The average molecular weight is 151 g/mol. The zero-order valence-corrected chi connectivity index (χ0v) is 7.51. The van der Waals surface area contributed by atoms with Crippen LogP contribution in [0, 0.1) is 0 Å². The molecular weight excluding hydrogens is 134 g/mol. The van der Waals surface area contributed by atoms with Gasteiger partial charge in [0, 0.05) is 6.04 Å². The first kappa shape index (κ1) is 8.54. The quantitative estimate of drug-likeness (QED) is 0.547. The van der Waals surface area contributed by atoms with Crippen molar-refractivity contribution >= 4 is 0 Å². The number of allylic oxidation sites excluding steroid dienone is 2. The smallest absolute Gasteiger partial charge is 0.0278 e. The average Bonchev–Trinajstić information content (AvgIpc) is 2.31. The highest BCUT2D eigenvalue weighted by Gasteiger charge is 2.16. The topological polar surface area (TPSA) is 3.24 Å². The van der Waals surface area contributed by atoms with Crippen LogP contribution in [0.25, 0.3) is 0 Å². The van der Waals surface area contributed by atoms with E-state index >= 15 is 0 Å². The molecule has 1 rings (SSSR count). The molecule has 0 saturated carbocycles. The van der Waals surface area contributed by atoms with Crippen LogP contribution >= 0.6 is 0 Å². The first-order chi connectivity index (χ1) is 5.20. The van der Waals surface area contributed by atoms with Crippen LogP contribution in [0.3, 0.4) is 0 Å². The molecule has 0 aromatic rings. The van der Waals surface area contributed by atoms with Crippen molar-refractivity contribution in [2.45, 2.75) is 25.8 Å². The lowest BCUT2D eigenvalue weighted by Gasteiger charge is -2.14. The van der Waals surface area contributed by atoms with E-state index in [4.69, 9.17) is 0 Å². The maximum absolute atomic E-state index is 3.84. The molecule has 1 saturated heterocycles. The van der Waals surface area contributed by atoms with Crippen LogP contribution in [0.5, 0.6) is 0 Å². The molecule has 0 aromatic carbocycles. The van der Waals surface area contributed by atoms with Gasteiger partial charge in [0.05, 0.1) is 0 Å². The Bertz CT molecular complexity index is 170. The number of likely N-dealkylation sites (tertiary alicyclic amines) is 1. The molecule has 1 aliphatic rings. The number of rotatable bonds is 2. The Hall–Kier alpha value is -0.560. The summed E-state index contributed by atoms with van der Waals surface area (Å²) in [7, 11) is 2.18. The largest absolute Gasteiger partial charge is 0.300 e. The first-order valence-electron chi connectivity index (χ1n) is 4.24. The maximum atomic E-state index is 3.84. The number of hydrogen-bond donors (Lipinski definition) is 0. The molecule has 0 spiro atoms. The Labute approximate surface area is 69.4 Å². The van der Waals surface area contributed by atoms with E-state index in [1.54, 1.807) is 0 Å². The standard InChI is InChI=1S/C10H17N/c1-9(2)6-7-10-5-4-8-11(10)3/h6-7,10H,1,4-5,8H2,2-3H3/b7-6+. The molecule has 1 fully saturated rings. The van der Waals surface area contributed by atoms with E-state index < -0.39 is 0 Å². The molecule has 1 atom stereocenters. The second kappa shape index (κ2) is 3.72. The van der Waals surface area contributed by atoms with Crippen LogP contribution in [-0.4, -0.2) is 24.5 Å². The third kappa shape index (κ3) is 2.51. The summed E-state index contributed by atoms with van der Waals surface area (Å²) in [5.74, 6) is 0. The zero-order chi connectivity index (χ0) is 8.27. The lowest BCUT2D eigenvalue weighted by atomic mass is 10.2. The van der Waals surface area contributed by atoms with Crippen molar-refractivity contribution in [2.75, 3.05) is 13.6 Å². The zero-order valence-electron chi connectivity index (χ0n) is 7.51. The van der Waals surface area contributed by atoms with E-state index in [1.807, 2.05) is 6.92 Å². The fraction of sp³-hybridized carbons (Fsp3) is 0.600. The molecule has 0 aromatic heterocycles. The maximum Gasteiger partial charge on any atom is 0.0278 e. The fourth-order valence-corrected chi connectivity index (χ4v) is 1.45. The number of nitrogens with zero attached hydrogens (tertiary/aromatic N) is 1. The minimum Gasteiger partial charge on any atom is -0.300 e. The van der Waals surface area contributed by atoms with Crippen molar-refractivity contribution in [3.63, 3.8) is 0 Å². The Balaban J connectivity index is 2.42. The lowest BCUT2D eigenvalue weighted by Crippen LogP contribution is -2.22. The predicted octanol–water partition coefficient (Wildman–Crippen LogP) is 2.21. The van der Waals surface area contributed by atoms with Crippen molar-refractivity contribution in [3.8, 4) is 0 Å². The van der Waals surface area contributed by atoms with Gasteiger partial charge in [-0.05, 0) is 33.4 Å². The molecule has 11 heavy (non-hydrogen) atoms. The first-order valence-corrected chi connectivity index (χ1v) is 4.24. The van der Waals surface area contributed by atoms with E-state index in [0.717, 1.165) is 5.57 Å². The number of hydrogen-bond acceptors (Lipinski definition) is 1. The fourth-order valence-electron chi connectivity index (χ4n) is 1.45. The van der Waals surface area contributed by atoms with Gasteiger partial charge < -0.3 is 0 Å². The van der Waals surface area contributed by atoms with Crippen LogP contribution in [0.2, 0.25) is 0 Å². The van der Waals surface area contributed by atoms with Crippen molar-refractivity contribution in [2.24, 2.45) is 0 Å².